The van der Waals surface area contributed by atoms with Crippen molar-refractivity contribution in [1.29, 1.82) is 10.5 Å². The zero-order valence-corrected chi connectivity index (χ0v) is 25.8. The fraction of sp³-hybridized carbons (Fsp3) is 0. The summed E-state index contributed by atoms with van der Waals surface area (Å²) >= 11 is 0. The van der Waals surface area contributed by atoms with Gasteiger partial charge in [-0.2, -0.15) is 10.5 Å². The van der Waals surface area contributed by atoms with E-state index in [1.54, 1.807) is 12.1 Å². The number of nitrogens with zero attached hydrogens (tertiary/aromatic N) is 4. The van der Waals surface area contributed by atoms with Crippen LogP contribution in [0.2, 0.25) is 0 Å². The Morgan fingerprint density at radius 2 is 0.854 bits per heavy atom. The molecule has 222 valence electrons. The van der Waals surface area contributed by atoms with Gasteiger partial charge in [-0.1, -0.05) is 97.1 Å². The largest absolute Gasteiger partial charge is 0.309 e. The van der Waals surface area contributed by atoms with E-state index in [2.05, 4.69) is 124 Å². The Labute approximate surface area is 277 Å². The predicted molar refractivity (Wildman–Crippen MR) is 195 cm³/mol. The van der Waals surface area contributed by atoms with Crippen LogP contribution >= 0.6 is 0 Å². The molecule has 0 aliphatic rings. The van der Waals surface area contributed by atoms with Crippen molar-refractivity contribution in [3.63, 3.8) is 0 Å². The molecule has 0 spiro atoms. The lowest BCUT2D eigenvalue weighted by atomic mass is 9.95. The standard InChI is InChI=1S/C44H26N4/c45-27-32-19-20-33(28-46)44(43(32)29-11-3-1-4-12-29)48-40-18-10-8-16-36(40)38-26-31(22-24-42(38)48)30-21-23-41-37(25-30)35-15-7-9-17-39(35)47(41)34-13-5-2-6-14-34/h1-26H. The number of hydrogen-bond donors (Lipinski definition) is 0. The van der Waals surface area contributed by atoms with E-state index >= 15 is 0 Å². The van der Waals surface area contributed by atoms with Gasteiger partial charge in [0.2, 0.25) is 0 Å². The number of nitriles is 2. The molecule has 0 fully saturated rings. The van der Waals surface area contributed by atoms with Gasteiger partial charge < -0.3 is 9.13 Å². The van der Waals surface area contributed by atoms with Crippen molar-refractivity contribution in [3.8, 4) is 45.8 Å². The molecule has 9 aromatic rings. The number of fused-ring (bicyclic) bond motifs is 6. The fourth-order valence-electron chi connectivity index (χ4n) is 7.30. The number of para-hydroxylation sites is 3. The van der Waals surface area contributed by atoms with Crippen LogP contribution in [0.1, 0.15) is 11.1 Å². The molecule has 48 heavy (non-hydrogen) atoms. The third-order valence-electron chi connectivity index (χ3n) is 9.40. The Morgan fingerprint density at radius 1 is 0.375 bits per heavy atom. The molecular formula is C44H26N4. The Hall–Kier alpha value is -6.88. The molecule has 9 rings (SSSR count). The molecule has 0 amide bonds. The van der Waals surface area contributed by atoms with Crippen molar-refractivity contribution in [1.82, 2.24) is 9.13 Å². The maximum Gasteiger partial charge on any atom is 0.101 e. The number of rotatable bonds is 4. The molecule has 0 aliphatic carbocycles. The topological polar surface area (TPSA) is 57.4 Å². The molecule has 0 unspecified atom stereocenters. The molecule has 2 heterocycles. The second kappa shape index (κ2) is 10.9. The van der Waals surface area contributed by atoms with Gasteiger partial charge in [0.1, 0.15) is 6.07 Å². The average molecular weight is 611 g/mol. The third-order valence-corrected chi connectivity index (χ3v) is 9.40. The third kappa shape index (κ3) is 4.07. The Bertz CT molecular complexity index is 2790. The zero-order valence-electron chi connectivity index (χ0n) is 25.8. The van der Waals surface area contributed by atoms with E-state index in [1.165, 1.54) is 21.8 Å². The van der Waals surface area contributed by atoms with E-state index in [0.29, 0.717) is 11.1 Å². The van der Waals surface area contributed by atoms with Crippen LogP contribution in [0.25, 0.3) is 77.2 Å². The number of hydrogen-bond acceptors (Lipinski definition) is 2. The number of aromatic nitrogens is 2. The van der Waals surface area contributed by atoms with Gasteiger partial charge in [0.25, 0.3) is 0 Å². The highest BCUT2D eigenvalue weighted by Crippen LogP contribution is 2.41. The molecule has 0 N–H and O–H groups in total. The maximum atomic E-state index is 10.4. The summed E-state index contributed by atoms with van der Waals surface area (Å²) < 4.78 is 4.49. The molecule has 7 aromatic carbocycles. The minimum Gasteiger partial charge on any atom is -0.309 e. The van der Waals surface area contributed by atoms with E-state index in [-0.39, 0.29) is 0 Å². The van der Waals surface area contributed by atoms with Gasteiger partial charge in [-0.3, -0.25) is 0 Å². The maximum absolute atomic E-state index is 10.4. The molecule has 0 atom stereocenters. The highest BCUT2D eigenvalue weighted by molar-refractivity contribution is 6.13. The van der Waals surface area contributed by atoms with E-state index < -0.39 is 0 Å². The summed E-state index contributed by atoms with van der Waals surface area (Å²) in [5.41, 5.74) is 11.1. The predicted octanol–water partition coefficient (Wildman–Crippen LogP) is 11.0. The first-order valence-corrected chi connectivity index (χ1v) is 15.9. The van der Waals surface area contributed by atoms with Crippen LogP contribution in [-0.2, 0) is 0 Å². The van der Waals surface area contributed by atoms with Crippen LogP contribution in [0.15, 0.2) is 158 Å². The molecule has 0 saturated carbocycles. The SMILES string of the molecule is N#Cc1ccc(C#N)c(-n2c3ccccc3c3cc(-c4ccc5c(c4)c4ccccc4n5-c4ccccc4)ccc32)c1-c1ccccc1. The highest BCUT2D eigenvalue weighted by Gasteiger charge is 2.22. The van der Waals surface area contributed by atoms with Gasteiger partial charge in [-0.15, -0.1) is 0 Å². The molecule has 0 bridgehead atoms. The van der Waals surface area contributed by atoms with Crippen LogP contribution in [0.3, 0.4) is 0 Å². The van der Waals surface area contributed by atoms with Crippen molar-refractivity contribution < 1.29 is 0 Å². The summed E-state index contributed by atoms with van der Waals surface area (Å²) in [6.07, 6.45) is 0. The first kappa shape index (κ1) is 27.4. The van der Waals surface area contributed by atoms with Gasteiger partial charge in [-0.05, 0) is 77.4 Å². The molecule has 0 aliphatic heterocycles. The van der Waals surface area contributed by atoms with Gasteiger partial charge in [0.05, 0.1) is 45.0 Å². The lowest BCUT2D eigenvalue weighted by molar-refractivity contribution is 1.17. The van der Waals surface area contributed by atoms with Crippen molar-refractivity contribution in [2.24, 2.45) is 0 Å². The van der Waals surface area contributed by atoms with Gasteiger partial charge in [-0.25, -0.2) is 0 Å². The smallest absolute Gasteiger partial charge is 0.101 e. The van der Waals surface area contributed by atoms with Crippen LogP contribution < -0.4 is 0 Å². The van der Waals surface area contributed by atoms with Crippen LogP contribution in [-0.4, -0.2) is 9.13 Å². The van der Waals surface area contributed by atoms with Gasteiger partial charge in [0.15, 0.2) is 0 Å². The average Bonchev–Trinajstić information content (AvgIpc) is 3.67. The molecule has 0 radical (unpaired) electrons. The Morgan fingerprint density at radius 3 is 1.46 bits per heavy atom. The number of benzene rings is 7. The van der Waals surface area contributed by atoms with Gasteiger partial charge in [0, 0.05) is 32.8 Å². The van der Waals surface area contributed by atoms with E-state index in [0.717, 1.165) is 55.4 Å². The Balaban J connectivity index is 1.30. The van der Waals surface area contributed by atoms with E-state index in [1.807, 2.05) is 42.5 Å². The van der Waals surface area contributed by atoms with Crippen molar-refractivity contribution in [3.05, 3.63) is 169 Å². The molecule has 2 aromatic heterocycles. The summed E-state index contributed by atoms with van der Waals surface area (Å²) in [6, 6.07) is 58.9. The summed E-state index contributed by atoms with van der Waals surface area (Å²) in [5.74, 6) is 0. The van der Waals surface area contributed by atoms with Crippen molar-refractivity contribution in [2.75, 3.05) is 0 Å². The normalized spacial score (nSPS) is 11.3. The second-order valence-corrected chi connectivity index (χ2v) is 12.0. The van der Waals surface area contributed by atoms with Crippen molar-refractivity contribution >= 4 is 43.6 Å². The van der Waals surface area contributed by atoms with E-state index in [4.69, 9.17) is 0 Å². The summed E-state index contributed by atoms with van der Waals surface area (Å²) in [7, 11) is 0. The Kier molecular flexibility index (Phi) is 6.22. The molecule has 4 heteroatoms. The second-order valence-electron chi connectivity index (χ2n) is 12.0. The first-order valence-electron chi connectivity index (χ1n) is 15.9. The van der Waals surface area contributed by atoms with E-state index in [9.17, 15) is 10.5 Å². The molecule has 0 saturated heterocycles. The summed E-state index contributed by atoms with van der Waals surface area (Å²) in [5, 5.41) is 25.2. The lowest BCUT2D eigenvalue weighted by Gasteiger charge is -2.17. The monoisotopic (exact) mass is 610 g/mol. The fourth-order valence-corrected chi connectivity index (χ4v) is 7.30. The minimum absolute atomic E-state index is 0.514. The molecular weight excluding hydrogens is 585 g/mol. The quantitative estimate of drug-likeness (QED) is 0.199. The summed E-state index contributed by atoms with van der Waals surface area (Å²) in [6.45, 7) is 0. The minimum atomic E-state index is 0.514. The zero-order chi connectivity index (χ0) is 32.2. The highest BCUT2D eigenvalue weighted by atomic mass is 15.0. The lowest BCUT2D eigenvalue weighted by Crippen LogP contribution is -2.03. The van der Waals surface area contributed by atoms with Crippen LogP contribution in [0.5, 0.6) is 0 Å². The van der Waals surface area contributed by atoms with Crippen LogP contribution in [0.4, 0.5) is 0 Å². The van der Waals surface area contributed by atoms with Crippen molar-refractivity contribution in [2.45, 2.75) is 0 Å². The summed E-state index contributed by atoms with van der Waals surface area (Å²) in [4.78, 5) is 0. The molecule has 4 nitrogen and oxygen atoms in total. The van der Waals surface area contributed by atoms with Crippen LogP contribution in [0, 0.1) is 22.7 Å². The first-order chi connectivity index (χ1) is 23.7. The van der Waals surface area contributed by atoms with Gasteiger partial charge >= 0.3 is 0 Å².